The van der Waals surface area contributed by atoms with Crippen LogP contribution in [-0.2, 0) is 17.8 Å². The number of methoxy groups -OCH3 is 1. The number of amides is 1. The Morgan fingerprint density at radius 2 is 1.84 bits per heavy atom. The molecule has 174 valence electrons. The van der Waals surface area contributed by atoms with Gasteiger partial charge in [0.15, 0.2) is 5.96 Å². The van der Waals surface area contributed by atoms with Crippen molar-refractivity contribution in [2.75, 3.05) is 32.1 Å². The van der Waals surface area contributed by atoms with E-state index in [-0.39, 0.29) is 29.9 Å². The fraction of sp³-hybridized carbons (Fsp3) is 0.440. The van der Waals surface area contributed by atoms with Crippen LogP contribution in [0.3, 0.4) is 0 Å². The Balaban J connectivity index is 0.00000363. The molecule has 0 aliphatic carbocycles. The van der Waals surface area contributed by atoms with E-state index in [1.807, 2.05) is 18.2 Å². The SMILES string of the molecule is CCNC(=NCc1ccc(OC)c(NC(C)=O)c1)N1CCC(Cc2ccccc2)CC1.I. The minimum atomic E-state index is -0.120. The van der Waals surface area contributed by atoms with Crippen molar-refractivity contribution in [2.45, 2.75) is 39.7 Å². The molecule has 0 aromatic heterocycles. The molecule has 3 rings (SSSR count). The van der Waals surface area contributed by atoms with Crippen LogP contribution in [0, 0.1) is 5.92 Å². The number of rotatable bonds is 7. The van der Waals surface area contributed by atoms with Gasteiger partial charge in [-0.1, -0.05) is 36.4 Å². The normalized spacial score (nSPS) is 14.5. The molecule has 0 radical (unpaired) electrons. The highest BCUT2D eigenvalue weighted by molar-refractivity contribution is 14.0. The average molecular weight is 550 g/mol. The van der Waals surface area contributed by atoms with Gasteiger partial charge in [0, 0.05) is 26.6 Å². The van der Waals surface area contributed by atoms with Crippen molar-refractivity contribution in [3.05, 3.63) is 59.7 Å². The Hall–Kier alpha value is -2.29. The lowest BCUT2D eigenvalue weighted by Gasteiger charge is -2.34. The molecule has 2 aromatic rings. The minimum Gasteiger partial charge on any atom is -0.495 e. The molecule has 1 saturated heterocycles. The number of halogens is 1. The van der Waals surface area contributed by atoms with Gasteiger partial charge in [-0.3, -0.25) is 4.79 Å². The molecule has 0 spiro atoms. The maximum absolute atomic E-state index is 11.5. The van der Waals surface area contributed by atoms with Crippen molar-refractivity contribution >= 4 is 41.5 Å². The molecule has 1 aliphatic heterocycles. The standard InChI is InChI=1S/C25H34N4O2.HI/c1-4-26-25(27-18-22-10-11-24(31-3)23(17-22)28-19(2)30)29-14-12-21(13-15-29)16-20-8-6-5-7-9-20;/h5-11,17,21H,4,12-16,18H2,1-3H3,(H,26,27)(H,28,30);1H. The van der Waals surface area contributed by atoms with Crippen LogP contribution in [0.25, 0.3) is 0 Å². The molecule has 0 atom stereocenters. The third-order valence-corrected chi connectivity index (χ3v) is 5.60. The van der Waals surface area contributed by atoms with Gasteiger partial charge in [-0.25, -0.2) is 4.99 Å². The first-order chi connectivity index (χ1) is 15.1. The number of nitrogens with one attached hydrogen (secondary N) is 2. The van der Waals surface area contributed by atoms with Crippen molar-refractivity contribution in [1.82, 2.24) is 10.2 Å². The summed E-state index contributed by atoms with van der Waals surface area (Å²) in [7, 11) is 1.60. The summed E-state index contributed by atoms with van der Waals surface area (Å²) in [5.41, 5.74) is 3.13. The summed E-state index contributed by atoms with van der Waals surface area (Å²) in [6.45, 7) is 7.01. The monoisotopic (exact) mass is 550 g/mol. The van der Waals surface area contributed by atoms with Gasteiger partial charge < -0.3 is 20.3 Å². The van der Waals surface area contributed by atoms with Crippen LogP contribution in [0.4, 0.5) is 5.69 Å². The summed E-state index contributed by atoms with van der Waals surface area (Å²) in [5.74, 6) is 2.21. The first-order valence-corrected chi connectivity index (χ1v) is 11.1. The first kappa shape index (κ1) is 26.0. The zero-order valence-electron chi connectivity index (χ0n) is 19.3. The Bertz CT molecular complexity index is 881. The van der Waals surface area contributed by atoms with Gasteiger partial charge >= 0.3 is 0 Å². The van der Waals surface area contributed by atoms with E-state index in [0.717, 1.165) is 43.5 Å². The number of guanidine groups is 1. The molecule has 1 heterocycles. The number of anilines is 1. The Morgan fingerprint density at radius 1 is 1.12 bits per heavy atom. The van der Waals surface area contributed by atoms with Gasteiger partial charge in [0.2, 0.25) is 5.91 Å². The second-order valence-corrected chi connectivity index (χ2v) is 8.01. The number of hydrogen-bond donors (Lipinski definition) is 2. The third-order valence-electron chi connectivity index (χ3n) is 5.60. The van der Waals surface area contributed by atoms with E-state index in [1.54, 1.807) is 7.11 Å². The van der Waals surface area contributed by atoms with Crippen molar-refractivity contribution in [1.29, 1.82) is 0 Å². The fourth-order valence-electron chi connectivity index (χ4n) is 4.03. The van der Waals surface area contributed by atoms with E-state index in [9.17, 15) is 4.79 Å². The van der Waals surface area contributed by atoms with Gasteiger partial charge in [0.05, 0.1) is 19.3 Å². The largest absolute Gasteiger partial charge is 0.495 e. The number of likely N-dealkylation sites (tertiary alicyclic amines) is 1. The van der Waals surface area contributed by atoms with Crippen LogP contribution in [0.5, 0.6) is 5.75 Å². The average Bonchev–Trinajstić information content (AvgIpc) is 2.78. The molecule has 32 heavy (non-hydrogen) atoms. The van der Waals surface area contributed by atoms with E-state index in [0.29, 0.717) is 18.0 Å². The third kappa shape index (κ3) is 7.69. The molecular formula is C25H35IN4O2. The number of carbonyl (C=O) groups excluding carboxylic acids is 1. The number of aliphatic imine (C=N–C) groups is 1. The fourth-order valence-corrected chi connectivity index (χ4v) is 4.03. The summed E-state index contributed by atoms with van der Waals surface area (Å²) in [4.78, 5) is 18.7. The van der Waals surface area contributed by atoms with Crippen LogP contribution in [0.1, 0.15) is 37.8 Å². The molecule has 1 aliphatic rings. The number of carbonyl (C=O) groups is 1. The molecule has 2 N–H and O–H groups in total. The Morgan fingerprint density at radius 3 is 2.47 bits per heavy atom. The molecule has 0 saturated carbocycles. The number of ether oxygens (including phenoxy) is 1. The summed E-state index contributed by atoms with van der Waals surface area (Å²) in [6, 6.07) is 16.6. The molecule has 1 fully saturated rings. The highest BCUT2D eigenvalue weighted by atomic mass is 127. The highest BCUT2D eigenvalue weighted by Crippen LogP contribution is 2.26. The van der Waals surface area contributed by atoms with E-state index in [1.165, 1.54) is 25.3 Å². The van der Waals surface area contributed by atoms with Gasteiger partial charge in [-0.05, 0) is 55.4 Å². The van der Waals surface area contributed by atoms with Gasteiger partial charge in [-0.15, -0.1) is 24.0 Å². The van der Waals surface area contributed by atoms with Crippen molar-refractivity contribution in [3.63, 3.8) is 0 Å². The Labute approximate surface area is 208 Å². The van der Waals surface area contributed by atoms with Gasteiger partial charge in [0.1, 0.15) is 5.75 Å². The maximum atomic E-state index is 11.5. The maximum Gasteiger partial charge on any atom is 0.221 e. The lowest BCUT2D eigenvalue weighted by atomic mass is 9.90. The van der Waals surface area contributed by atoms with E-state index < -0.39 is 0 Å². The zero-order chi connectivity index (χ0) is 22.1. The van der Waals surface area contributed by atoms with Crippen LogP contribution in [-0.4, -0.2) is 43.5 Å². The minimum absolute atomic E-state index is 0. The predicted octanol–water partition coefficient (Wildman–Crippen LogP) is 4.69. The molecule has 0 unspecified atom stereocenters. The van der Waals surface area contributed by atoms with Gasteiger partial charge in [-0.2, -0.15) is 0 Å². The molecular weight excluding hydrogens is 515 g/mol. The van der Waals surface area contributed by atoms with Crippen molar-refractivity contribution in [2.24, 2.45) is 10.9 Å². The van der Waals surface area contributed by atoms with Gasteiger partial charge in [0.25, 0.3) is 0 Å². The summed E-state index contributed by atoms with van der Waals surface area (Å²) in [5, 5.41) is 6.27. The van der Waals surface area contributed by atoms with E-state index in [4.69, 9.17) is 9.73 Å². The lowest BCUT2D eigenvalue weighted by molar-refractivity contribution is -0.114. The summed E-state index contributed by atoms with van der Waals surface area (Å²) >= 11 is 0. The van der Waals surface area contributed by atoms with Crippen LogP contribution >= 0.6 is 24.0 Å². The van der Waals surface area contributed by atoms with E-state index in [2.05, 4.69) is 52.8 Å². The summed E-state index contributed by atoms with van der Waals surface area (Å²) in [6.07, 6.45) is 3.50. The molecule has 6 nitrogen and oxygen atoms in total. The lowest BCUT2D eigenvalue weighted by Crippen LogP contribution is -2.45. The number of nitrogens with zero attached hydrogens (tertiary/aromatic N) is 2. The smallest absolute Gasteiger partial charge is 0.221 e. The first-order valence-electron chi connectivity index (χ1n) is 11.1. The van der Waals surface area contributed by atoms with Crippen LogP contribution in [0.2, 0.25) is 0 Å². The number of benzene rings is 2. The summed E-state index contributed by atoms with van der Waals surface area (Å²) < 4.78 is 5.34. The number of hydrogen-bond acceptors (Lipinski definition) is 3. The second kappa shape index (κ2) is 13.3. The van der Waals surface area contributed by atoms with Crippen LogP contribution in [0.15, 0.2) is 53.5 Å². The van der Waals surface area contributed by atoms with E-state index >= 15 is 0 Å². The topological polar surface area (TPSA) is 66.0 Å². The second-order valence-electron chi connectivity index (χ2n) is 8.01. The quantitative estimate of drug-likeness (QED) is 0.298. The highest BCUT2D eigenvalue weighted by Gasteiger charge is 2.21. The van der Waals surface area contributed by atoms with Crippen LogP contribution < -0.4 is 15.4 Å². The predicted molar refractivity (Wildman–Crippen MR) is 142 cm³/mol. The molecule has 2 aromatic carbocycles. The Kier molecular flexibility index (Phi) is 10.8. The number of piperidine rings is 1. The molecule has 7 heteroatoms. The molecule has 0 bridgehead atoms. The van der Waals surface area contributed by atoms with Crippen molar-refractivity contribution in [3.8, 4) is 5.75 Å². The molecule has 1 amide bonds. The van der Waals surface area contributed by atoms with Crippen molar-refractivity contribution < 1.29 is 9.53 Å². The zero-order valence-corrected chi connectivity index (χ0v) is 21.6.